The van der Waals surface area contributed by atoms with Crippen LogP contribution in [0, 0.1) is 0 Å². The number of hydrogen-bond acceptors (Lipinski definition) is 12. The molecular weight excluding hydrogens is 1570 g/mol. The summed E-state index contributed by atoms with van der Waals surface area (Å²) in [7, 11) is 0. The Morgan fingerprint density at radius 3 is 0.898 bits per heavy atom. The molecule has 12 heteroatoms. The number of fused-ring (bicyclic) bond motifs is 12. The average molecular weight is 1640 g/mol. The van der Waals surface area contributed by atoms with Crippen molar-refractivity contribution in [2.24, 2.45) is 0 Å². The smallest absolute Gasteiger partial charge is 0.164 e. The van der Waals surface area contributed by atoms with Crippen LogP contribution in [0.2, 0.25) is 0 Å². The molecule has 0 atom stereocenters. The molecule has 0 radical (unpaired) electrons. The van der Waals surface area contributed by atoms with E-state index in [4.69, 9.17) is 58.7 Å². The van der Waals surface area contributed by atoms with E-state index in [0.29, 0.717) is 46.6 Å². The van der Waals surface area contributed by atoms with Gasteiger partial charge in [0.25, 0.3) is 0 Å². The van der Waals surface area contributed by atoms with Gasteiger partial charge in [0, 0.05) is 99.1 Å². The molecule has 0 fully saturated rings. The highest BCUT2D eigenvalue weighted by Crippen LogP contribution is 2.52. The molecule has 22 aromatic rings. The summed E-state index contributed by atoms with van der Waals surface area (Å²) in [5.41, 5.74) is 32.5. The lowest BCUT2D eigenvalue weighted by atomic mass is 9.82. The van der Waals surface area contributed by atoms with Gasteiger partial charge in [-0.1, -0.05) is 355 Å². The largest absolute Gasteiger partial charge is 0.456 e. The first kappa shape index (κ1) is 76.2. The van der Waals surface area contributed by atoms with Crippen LogP contribution in [0.25, 0.3) is 225 Å². The number of rotatable bonds is 14. The standard InChI is InChI=1S/2C58H39N5O/c1-58(2)48-22-11-9-20-44(48)47-33-42(29-31-49(47)58)56-59-50(37-14-5-3-6-15-37)35-51(60-56)41-19-13-18-40(32-41)36-24-26-39(27-25-36)55-61-54(38-16-7-4-8-17-38)62-57(63-55)43-28-30-46-45-21-10-12-23-52(45)64-53(46)34-43;1-58(2)48-22-11-9-20-44(48)45-30-28-42(33-49(45)58)56-61-55(62-57(63-56)43-29-31-47-46-21-10-12-23-52(46)64-53(47)34-43)39-26-24-36(25-27-39)40-18-13-19-41(32-40)51-35-50(37-14-5-3-6-15-37)59-54(60-51)38-16-7-4-8-17-38/h2*3-35H,1-2H3. The predicted molar refractivity (Wildman–Crippen MR) is 517 cm³/mol. The van der Waals surface area contributed by atoms with Crippen molar-refractivity contribution in [3.63, 3.8) is 0 Å². The van der Waals surface area contributed by atoms with E-state index >= 15 is 0 Å². The van der Waals surface area contributed by atoms with E-state index in [2.05, 4.69) is 307 Å². The molecule has 2 aliphatic rings. The third-order valence-corrected chi connectivity index (χ3v) is 25.2. The number of para-hydroxylation sites is 2. The van der Waals surface area contributed by atoms with Crippen LogP contribution >= 0.6 is 0 Å². The van der Waals surface area contributed by atoms with E-state index in [1.165, 1.54) is 44.5 Å². The van der Waals surface area contributed by atoms with Crippen molar-refractivity contribution >= 4 is 43.9 Å². The molecule has 6 aromatic heterocycles. The van der Waals surface area contributed by atoms with E-state index in [0.717, 1.165) is 156 Å². The summed E-state index contributed by atoms with van der Waals surface area (Å²) >= 11 is 0. The third-order valence-electron chi connectivity index (χ3n) is 25.2. The van der Waals surface area contributed by atoms with Crippen LogP contribution in [0.3, 0.4) is 0 Å². The summed E-state index contributed by atoms with van der Waals surface area (Å²) in [4.78, 5) is 51.0. The molecule has 2 aliphatic carbocycles. The summed E-state index contributed by atoms with van der Waals surface area (Å²) in [6.07, 6.45) is 0. The van der Waals surface area contributed by atoms with Crippen molar-refractivity contribution in [1.29, 1.82) is 0 Å². The Hall–Kier alpha value is -16.7. The molecule has 0 aliphatic heterocycles. The predicted octanol–water partition coefficient (Wildman–Crippen LogP) is 29.1. The molecule has 12 nitrogen and oxygen atoms in total. The van der Waals surface area contributed by atoms with E-state index < -0.39 is 0 Å². The Kier molecular flexibility index (Phi) is 18.6. The van der Waals surface area contributed by atoms with Crippen LogP contribution in [0.4, 0.5) is 0 Å². The first-order valence-corrected chi connectivity index (χ1v) is 43.1. The second kappa shape index (κ2) is 31.3. The van der Waals surface area contributed by atoms with Gasteiger partial charge in [0.15, 0.2) is 46.6 Å². The molecule has 0 spiro atoms. The molecule has 24 rings (SSSR count). The van der Waals surface area contributed by atoms with Crippen molar-refractivity contribution in [2.45, 2.75) is 38.5 Å². The average Bonchev–Trinajstić information content (AvgIpc) is 1.57. The highest BCUT2D eigenvalue weighted by molar-refractivity contribution is 6.07. The third kappa shape index (κ3) is 13.9. The fourth-order valence-corrected chi connectivity index (χ4v) is 18.4. The lowest BCUT2D eigenvalue weighted by Gasteiger charge is -2.21. The lowest BCUT2D eigenvalue weighted by Crippen LogP contribution is -2.15. The lowest BCUT2D eigenvalue weighted by molar-refractivity contribution is 0.660. The van der Waals surface area contributed by atoms with Crippen molar-refractivity contribution in [1.82, 2.24) is 49.8 Å². The number of hydrogen-bond donors (Lipinski definition) is 0. The number of benzene rings is 16. The summed E-state index contributed by atoms with van der Waals surface area (Å²) < 4.78 is 12.6. The Morgan fingerprint density at radius 2 is 0.438 bits per heavy atom. The van der Waals surface area contributed by atoms with Gasteiger partial charge < -0.3 is 8.83 Å². The first-order chi connectivity index (χ1) is 62.8. The zero-order chi connectivity index (χ0) is 85.6. The Labute approximate surface area is 739 Å². The summed E-state index contributed by atoms with van der Waals surface area (Å²) in [5, 5.41) is 4.28. The minimum absolute atomic E-state index is 0.0767. The van der Waals surface area contributed by atoms with Crippen LogP contribution in [0.15, 0.2) is 409 Å². The van der Waals surface area contributed by atoms with Gasteiger partial charge in [0.1, 0.15) is 22.3 Å². The van der Waals surface area contributed by atoms with Crippen LogP contribution in [0.1, 0.15) is 49.9 Å². The number of nitrogens with zero attached hydrogens (tertiary/aromatic N) is 10. The molecule has 0 unspecified atom stereocenters. The van der Waals surface area contributed by atoms with Crippen molar-refractivity contribution in [2.75, 3.05) is 0 Å². The van der Waals surface area contributed by atoms with Gasteiger partial charge in [-0.15, -0.1) is 0 Å². The highest BCUT2D eigenvalue weighted by atomic mass is 16.3. The van der Waals surface area contributed by atoms with Gasteiger partial charge >= 0.3 is 0 Å². The molecule has 128 heavy (non-hydrogen) atoms. The van der Waals surface area contributed by atoms with Gasteiger partial charge in [0.05, 0.1) is 22.8 Å². The summed E-state index contributed by atoms with van der Waals surface area (Å²) in [6, 6.07) is 138. The molecule has 16 aromatic carbocycles. The van der Waals surface area contributed by atoms with Crippen LogP contribution in [-0.4, -0.2) is 49.8 Å². The maximum Gasteiger partial charge on any atom is 0.164 e. The van der Waals surface area contributed by atoms with Crippen molar-refractivity contribution < 1.29 is 8.83 Å². The molecule has 0 N–H and O–H groups in total. The fraction of sp³-hybridized carbons (Fsp3) is 0.0517. The second-order valence-electron chi connectivity index (χ2n) is 33.8. The SMILES string of the molecule is CC1(C)c2ccccc2-c2cc(-c3nc(-c4ccccc4)cc(-c4cccc(-c5ccc(-c6nc(-c7ccccc7)nc(-c7ccc8c(c7)oc7ccccc78)n6)cc5)c4)n3)ccc21.CC1(C)c2ccccc2-c2ccc(-c3nc(-c4ccc(-c5cccc(-c6cc(-c7ccccc7)nc(-c7ccccc7)n6)c5)cc4)nc(-c4ccc5c(c4)oc4ccccc45)n3)cc21. The number of furan rings is 2. The Bertz CT molecular complexity index is 8050. The number of aromatic nitrogens is 10. The maximum absolute atomic E-state index is 6.31. The van der Waals surface area contributed by atoms with Crippen molar-refractivity contribution in [3.8, 4) is 181 Å². The van der Waals surface area contributed by atoms with Gasteiger partial charge in [-0.3, -0.25) is 0 Å². The molecule has 0 saturated heterocycles. The van der Waals surface area contributed by atoms with Crippen LogP contribution in [0.5, 0.6) is 0 Å². The monoisotopic (exact) mass is 1640 g/mol. The van der Waals surface area contributed by atoms with Crippen LogP contribution < -0.4 is 0 Å². The fourth-order valence-electron chi connectivity index (χ4n) is 18.4. The van der Waals surface area contributed by atoms with Gasteiger partial charge in [-0.05, 0) is 140 Å². The summed E-state index contributed by atoms with van der Waals surface area (Å²) in [6.45, 7) is 9.20. The van der Waals surface area contributed by atoms with E-state index in [-0.39, 0.29) is 10.8 Å². The molecule has 0 bridgehead atoms. The maximum atomic E-state index is 6.31. The highest BCUT2D eigenvalue weighted by Gasteiger charge is 2.37. The zero-order valence-electron chi connectivity index (χ0n) is 70.4. The van der Waals surface area contributed by atoms with Gasteiger partial charge in [-0.25, -0.2) is 49.8 Å². The van der Waals surface area contributed by atoms with Crippen molar-refractivity contribution in [3.05, 3.63) is 423 Å². The molecule has 6 heterocycles. The van der Waals surface area contributed by atoms with E-state index in [1.807, 2.05) is 121 Å². The van der Waals surface area contributed by atoms with Gasteiger partial charge in [-0.2, -0.15) is 0 Å². The summed E-state index contributed by atoms with van der Waals surface area (Å²) in [5.74, 6) is 4.95. The Morgan fingerprint density at radius 1 is 0.156 bits per heavy atom. The van der Waals surface area contributed by atoms with E-state index in [1.54, 1.807) is 0 Å². The molecule has 604 valence electrons. The normalized spacial score (nSPS) is 12.7. The first-order valence-electron chi connectivity index (χ1n) is 43.1. The quantitative estimate of drug-likeness (QED) is 0.102. The minimum Gasteiger partial charge on any atom is -0.456 e. The molecular formula is C116H78N10O2. The zero-order valence-corrected chi connectivity index (χ0v) is 70.4. The topological polar surface area (TPSA) is 155 Å². The Balaban J connectivity index is 0.000000146. The second-order valence-corrected chi connectivity index (χ2v) is 33.8. The molecule has 0 amide bonds. The van der Waals surface area contributed by atoms with Crippen LogP contribution in [-0.2, 0) is 10.8 Å². The van der Waals surface area contributed by atoms with E-state index in [9.17, 15) is 0 Å². The van der Waals surface area contributed by atoms with Gasteiger partial charge in [0.2, 0.25) is 0 Å². The minimum atomic E-state index is -0.165. The molecule has 0 saturated carbocycles.